The number of hydrogen-bond donors (Lipinski definition) is 1. The number of rotatable bonds is 2. The van der Waals surface area contributed by atoms with E-state index in [0.29, 0.717) is 12.1 Å². The molecule has 1 aromatic heterocycles. The van der Waals surface area contributed by atoms with E-state index in [9.17, 15) is 0 Å². The Morgan fingerprint density at radius 1 is 1.16 bits per heavy atom. The molecule has 25 heavy (non-hydrogen) atoms. The molecule has 2 aliphatic rings. The van der Waals surface area contributed by atoms with E-state index in [1.165, 1.54) is 0 Å². The third kappa shape index (κ3) is 2.66. The van der Waals surface area contributed by atoms with Crippen molar-refractivity contribution >= 4 is 35.1 Å². The van der Waals surface area contributed by atoms with Crippen LogP contribution in [0, 0.1) is 5.41 Å². The van der Waals surface area contributed by atoms with Crippen molar-refractivity contribution in [1.29, 1.82) is 5.41 Å². The lowest BCUT2D eigenvalue weighted by molar-refractivity contribution is 0.654. The largest absolute Gasteiger partial charge is 0.310 e. The predicted molar refractivity (Wildman–Crippen MR) is 100 cm³/mol. The Kier molecular flexibility index (Phi) is 3.73. The average Bonchev–Trinajstić information content (AvgIpc) is 2.60. The van der Waals surface area contributed by atoms with Crippen LogP contribution in [-0.2, 0) is 12.8 Å². The van der Waals surface area contributed by atoms with Crippen LogP contribution in [-0.4, -0.2) is 15.7 Å². The molecule has 0 amide bonds. The molecule has 4 heteroatoms. The Balaban J connectivity index is 2.24. The fourth-order valence-corrected chi connectivity index (χ4v) is 3.45. The van der Waals surface area contributed by atoms with Gasteiger partial charge in [-0.1, -0.05) is 18.4 Å². The van der Waals surface area contributed by atoms with Gasteiger partial charge in [-0.15, -0.1) is 0 Å². The minimum Gasteiger partial charge on any atom is -0.310 e. The number of fused-ring (bicyclic) bond motifs is 4. The molecule has 2 heterocycles. The summed E-state index contributed by atoms with van der Waals surface area (Å²) in [6.45, 7) is 7.98. The molecular weight excluding hydrogens is 308 g/mol. The maximum Gasteiger partial charge on any atom is 0.107 e. The summed E-state index contributed by atoms with van der Waals surface area (Å²) in [4.78, 5) is 14.5. The molecule has 124 valence electrons. The van der Waals surface area contributed by atoms with Crippen LogP contribution < -0.4 is 21.0 Å². The highest BCUT2D eigenvalue weighted by Crippen LogP contribution is 2.18. The van der Waals surface area contributed by atoms with Gasteiger partial charge in [-0.25, -0.2) is 15.0 Å². The summed E-state index contributed by atoms with van der Waals surface area (Å²) in [6.07, 6.45) is 6.89. The second-order valence-electron chi connectivity index (χ2n) is 6.77. The van der Waals surface area contributed by atoms with E-state index in [1.54, 1.807) is 6.92 Å². The standard InChI is InChI=1S/C21H20N4/c1-12(22)8-10-15-14(3)19-16(11-9-13(2)23-19)21-20(15)24-17-6-4-5-7-18(17)25-21/h10,22H,3-8H2,1-2H3/b15-10+,22-12?. The zero-order valence-electron chi connectivity index (χ0n) is 14.7. The molecular formula is C21H20N4. The van der Waals surface area contributed by atoms with Crippen LogP contribution in [0.1, 0.15) is 44.5 Å². The van der Waals surface area contributed by atoms with Crippen LogP contribution in [0.2, 0.25) is 0 Å². The van der Waals surface area contributed by atoms with Crippen molar-refractivity contribution in [2.75, 3.05) is 0 Å². The zero-order valence-corrected chi connectivity index (χ0v) is 14.7. The molecule has 0 radical (unpaired) electrons. The first-order valence-corrected chi connectivity index (χ1v) is 8.70. The monoisotopic (exact) mass is 328 g/mol. The van der Waals surface area contributed by atoms with Gasteiger partial charge in [0.05, 0.1) is 33.2 Å². The van der Waals surface area contributed by atoms with Crippen LogP contribution in [0.15, 0.2) is 16.4 Å². The number of hydrogen-bond acceptors (Lipinski definition) is 4. The summed E-state index contributed by atoms with van der Waals surface area (Å²) >= 11 is 0. The molecule has 1 N–H and O–H groups in total. The van der Waals surface area contributed by atoms with Crippen molar-refractivity contribution < 1.29 is 0 Å². The number of aromatic nitrogens is 2. The van der Waals surface area contributed by atoms with Crippen molar-refractivity contribution in [2.24, 2.45) is 4.99 Å². The minimum atomic E-state index is 0.573. The van der Waals surface area contributed by atoms with Gasteiger partial charge in [0.25, 0.3) is 0 Å². The highest BCUT2D eigenvalue weighted by molar-refractivity contribution is 5.85. The highest BCUT2D eigenvalue weighted by atomic mass is 14.8. The van der Waals surface area contributed by atoms with Gasteiger partial charge in [-0.2, -0.15) is 0 Å². The first-order chi connectivity index (χ1) is 12.0. The lowest BCUT2D eigenvalue weighted by Crippen LogP contribution is -2.49. The van der Waals surface area contributed by atoms with Gasteiger partial charge in [-0.3, -0.25) is 0 Å². The van der Waals surface area contributed by atoms with E-state index < -0.39 is 0 Å². The number of nitrogens with zero attached hydrogens (tertiary/aromatic N) is 3. The van der Waals surface area contributed by atoms with Crippen molar-refractivity contribution in [1.82, 2.24) is 9.97 Å². The van der Waals surface area contributed by atoms with Crippen LogP contribution in [0.5, 0.6) is 0 Å². The molecule has 0 unspecified atom stereocenters. The lowest BCUT2D eigenvalue weighted by Gasteiger charge is -2.15. The minimum absolute atomic E-state index is 0.573. The number of allylic oxidation sites excluding steroid dienone is 1. The fraction of sp³-hybridized carbons (Fsp3) is 0.333. The predicted octanol–water partition coefficient (Wildman–Crippen LogP) is 1.20. The van der Waals surface area contributed by atoms with Gasteiger partial charge < -0.3 is 5.41 Å². The van der Waals surface area contributed by atoms with Gasteiger partial charge in [0.1, 0.15) is 5.52 Å². The Labute approximate surface area is 145 Å². The molecule has 0 saturated heterocycles. The lowest BCUT2D eigenvalue weighted by atomic mass is 9.99. The van der Waals surface area contributed by atoms with Crippen molar-refractivity contribution in [3.05, 3.63) is 43.8 Å². The third-order valence-electron chi connectivity index (χ3n) is 4.73. The molecule has 1 aromatic carbocycles. The van der Waals surface area contributed by atoms with E-state index >= 15 is 0 Å². The summed E-state index contributed by atoms with van der Waals surface area (Å²) in [5.74, 6) is 0. The van der Waals surface area contributed by atoms with Gasteiger partial charge in [0.2, 0.25) is 0 Å². The molecule has 2 aromatic rings. The number of nitrogens with one attached hydrogen (secondary N) is 1. The Morgan fingerprint density at radius 3 is 2.52 bits per heavy atom. The summed E-state index contributed by atoms with van der Waals surface area (Å²) in [5, 5.41) is 11.2. The number of aryl methyl sites for hydroxylation is 2. The quantitative estimate of drug-likeness (QED) is 0.665. The molecule has 1 aliphatic heterocycles. The first kappa shape index (κ1) is 15.7. The van der Waals surface area contributed by atoms with Crippen molar-refractivity contribution in [2.45, 2.75) is 46.0 Å². The van der Waals surface area contributed by atoms with E-state index in [-0.39, 0.29) is 0 Å². The molecule has 1 aliphatic carbocycles. The Hall–Kier alpha value is -2.80. The molecule has 0 fully saturated rings. The van der Waals surface area contributed by atoms with Gasteiger partial charge in [0.15, 0.2) is 0 Å². The van der Waals surface area contributed by atoms with Gasteiger partial charge in [0, 0.05) is 22.6 Å². The molecule has 4 rings (SSSR count). The van der Waals surface area contributed by atoms with Gasteiger partial charge in [-0.05, 0) is 45.3 Å². The topological polar surface area (TPSA) is 62.0 Å². The SMILES string of the molecule is C=c1c2c(c3nc4c(nc3/c1=C/CC(C)=N)CCCC4)=C=C=C(C)N=2. The van der Waals surface area contributed by atoms with Crippen LogP contribution in [0.25, 0.3) is 29.4 Å². The van der Waals surface area contributed by atoms with E-state index in [4.69, 9.17) is 15.4 Å². The normalized spacial score (nSPS) is 15.9. The van der Waals surface area contributed by atoms with Crippen molar-refractivity contribution in [3.63, 3.8) is 0 Å². The smallest absolute Gasteiger partial charge is 0.107 e. The van der Waals surface area contributed by atoms with Crippen LogP contribution >= 0.6 is 0 Å². The highest BCUT2D eigenvalue weighted by Gasteiger charge is 2.16. The molecule has 0 atom stereocenters. The molecule has 0 saturated carbocycles. The summed E-state index contributed by atoms with van der Waals surface area (Å²) in [7, 11) is 0. The Bertz CT molecular complexity index is 1240. The number of benzene rings is 1. The van der Waals surface area contributed by atoms with Crippen LogP contribution in [0.3, 0.4) is 0 Å². The second kappa shape index (κ2) is 5.93. The first-order valence-electron chi connectivity index (χ1n) is 8.70. The fourth-order valence-electron chi connectivity index (χ4n) is 3.45. The third-order valence-corrected chi connectivity index (χ3v) is 4.73. The maximum absolute atomic E-state index is 7.76. The maximum atomic E-state index is 7.76. The second-order valence-corrected chi connectivity index (χ2v) is 6.77. The molecule has 0 spiro atoms. The summed E-state index contributed by atoms with van der Waals surface area (Å²) < 4.78 is 0. The summed E-state index contributed by atoms with van der Waals surface area (Å²) in [6, 6.07) is 0. The Morgan fingerprint density at radius 2 is 1.84 bits per heavy atom. The van der Waals surface area contributed by atoms with E-state index in [0.717, 1.165) is 74.8 Å². The van der Waals surface area contributed by atoms with E-state index in [2.05, 4.69) is 23.0 Å². The zero-order chi connectivity index (χ0) is 17.6. The average molecular weight is 328 g/mol. The summed E-state index contributed by atoms with van der Waals surface area (Å²) in [5.41, 5.74) is 11.6. The van der Waals surface area contributed by atoms with Crippen LogP contribution in [0.4, 0.5) is 0 Å². The van der Waals surface area contributed by atoms with Gasteiger partial charge >= 0.3 is 0 Å². The van der Waals surface area contributed by atoms with Crippen molar-refractivity contribution in [3.8, 4) is 0 Å². The molecule has 0 bridgehead atoms. The van der Waals surface area contributed by atoms with E-state index in [1.807, 2.05) is 13.0 Å². The molecule has 4 nitrogen and oxygen atoms in total.